The number of hydrogen-bond donors (Lipinski definition) is 4. The molecule has 0 unspecified atom stereocenters. The van der Waals surface area contributed by atoms with Crippen LogP contribution >= 0.6 is 0 Å². The minimum Gasteiger partial charge on any atom is -0.383 e. The maximum absolute atomic E-state index is 10.5. The summed E-state index contributed by atoms with van der Waals surface area (Å²) in [5.41, 5.74) is 11.5. The molecule has 0 aliphatic rings. The Labute approximate surface area is 100 Å². The van der Waals surface area contributed by atoms with Crippen LogP contribution in [0.1, 0.15) is 18.3 Å². The van der Waals surface area contributed by atoms with E-state index in [2.05, 4.69) is 20.6 Å². The third-order valence-corrected chi connectivity index (χ3v) is 2.26. The molecule has 2 amide bonds. The number of nitrogens with two attached hydrogens (primary N) is 2. The summed E-state index contributed by atoms with van der Waals surface area (Å²) in [5.74, 6) is 1.86. The summed E-state index contributed by atoms with van der Waals surface area (Å²) in [6.07, 6.45) is 0.721. The van der Waals surface area contributed by atoms with Gasteiger partial charge < -0.3 is 22.1 Å². The van der Waals surface area contributed by atoms with Crippen LogP contribution in [0.5, 0.6) is 0 Å². The first-order valence-electron chi connectivity index (χ1n) is 5.44. The summed E-state index contributed by atoms with van der Waals surface area (Å²) >= 11 is 0. The molecule has 0 saturated carbocycles. The molecule has 94 valence electrons. The molecule has 0 aliphatic carbocycles. The number of aromatic nitrogens is 2. The van der Waals surface area contributed by atoms with Gasteiger partial charge in [0.05, 0.1) is 0 Å². The van der Waals surface area contributed by atoms with Crippen LogP contribution < -0.4 is 22.1 Å². The van der Waals surface area contributed by atoms with E-state index >= 15 is 0 Å². The molecule has 0 spiro atoms. The van der Waals surface area contributed by atoms with Crippen molar-refractivity contribution in [2.75, 3.05) is 24.1 Å². The number of carbonyl (C=O) groups is 1. The predicted molar refractivity (Wildman–Crippen MR) is 66.6 cm³/mol. The fourth-order valence-corrected chi connectivity index (χ4v) is 1.28. The van der Waals surface area contributed by atoms with Gasteiger partial charge in [-0.1, -0.05) is 6.92 Å². The number of urea groups is 1. The van der Waals surface area contributed by atoms with Gasteiger partial charge in [0.25, 0.3) is 0 Å². The van der Waals surface area contributed by atoms with E-state index in [1.54, 1.807) is 0 Å². The number of nitrogens with zero attached hydrogens (tertiary/aromatic N) is 2. The maximum atomic E-state index is 10.5. The van der Waals surface area contributed by atoms with E-state index in [-0.39, 0.29) is 0 Å². The highest BCUT2D eigenvalue weighted by Crippen LogP contribution is 2.16. The van der Waals surface area contributed by atoms with E-state index in [1.807, 2.05) is 13.8 Å². The molecule has 0 atom stereocenters. The fraction of sp³-hybridized carbons (Fsp3) is 0.500. The minimum atomic E-state index is -0.542. The SMILES string of the molecule is CCc1nc(N)c(C)c(NCCNC(N)=O)n1. The van der Waals surface area contributed by atoms with Crippen LogP contribution in [0.25, 0.3) is 0 Å². The highest BCUT2D eigenvalue weighted by Gasteiger charge is 2.06. The van der Waals surface area contributed by atoms with Crippen molar-refractivity contribution in [1.29, 1.82) is 0 Å². The molecule has 0 fully saturated rings. The lowest BCUT2D eigenvalue weighted by atomic mass is 10.3. The van der Waals surface area contributed by atoms with Gasteiger partial charge in [0, 0.05) is 25.1 Å². The molecule has 1 rings (SSSR count). The smallest absolute Gasteiger partial charge is 0.312 e. The molecule has 7 nitrogen and oxygen atoms in total. The summed E-state index contributed by atoms with van der Waals surface area (Å²) in [6, 6.07) is -0.542. The van der Waals surface area contributed by atoms with Crippen LogP contribution in [0.15, 0.2) is 0 Å². The Morgan fingerprint density at radius 3 is 2.65 bits per heavy atom. The van der Waals surface area contributed by atoms with Crippen molar-refractivity contribution in [1.82, 2.24) is 15.3 Å². The van der Waals surface area contributed by atoms with Crippen LogP contribution in [0.2, 0.25) is 0 Å². The largest absolute Gasteiger partial charge is 0.383 e. The summed E-state index contributed by atoms with van der Waals surface area (Å²) < 4.78 is 0. The molecule has 0 bridgehead atoms. The van der Waals surface area contributed by atoms with Crippen LogP contribution in [-0.2, 0) is 6.42 Å². The number of anilines is 2. The number of aryl methyl sites for hydroxylation is 1. The van der Waals surface area contributed by atoms with Gasteiger partial charge in [-0.3, -0.25) is 0 Å². The monoisotopic (exact) mass is 238 g/mol. The molecular weight excluding hydrogens is 220 g/mol. The molecule has 7 heteroatoms. The van der Waals surface area contributed by atoms with E-state index in [9.17, 15) is 4.79 Å². The van der Waals surface area contributed by atoms with Crippen LogP contribution in [0.3, 0.4) is 0 Å². The second-order valence-corrected chi connectivity index (χ2v) is 3.57. The van der Waals surface area contributed by atoms with Crippen LogP contribution in [0, 0.1) is 6.92 Å². The molecule has 17 heavy (non-hydrogen) atoms. The van der Waals surface area contributed by atoms with Crippen molar-refractivity contribution in [2.45, 2.75) is 20.3 Å². The first kappa shape index (κ1) is 13.0. The number of hydrogen-bond acceptors (Lipinski definition) is 5. The van der Waals surface area contributed by atoms with E-state index < -0.39 is 6.03 Å². The summed E-state index contributed by atoms with van der Waals surface area (Å²) in [4.78, 5) is 18.9. The maximum Gasteiger partial charge on any atom is 0.312 e. The summed E-state index contributed by atoms with van der Waals surface area (Å²) in [7, 11) is 0. The quantitative estimate of drug-likeness (QED) is 0.539. The zero-order valence-corrected chi connectivity index (χ0v) is 10.1. The third-order valence-electron chi connectivity index (χ3n) is 2.26. The molecule has 0 aromatic carbocycles. The Bertz CT molecular complexity index is 406. The molecule has 1 aromatic heterocycles. The summed E-state index contributed by atoms with van der Waals surface area (Å²) in [5, 5.41) is 5.56. The Hall–Kier alpha value is -2.05. The van der Waals surface area contributed by atoms with E-state index in [1.165, 1.54) is 0 Å². The lowest BCUT2D eigenvalue weighted by Crippen LogP contribution is -2.33. The Balaban J connectivity index is 2.63. The molecule has 1 aromatic rings. The Kier molecular flexibility index (Phi) is 4.50. The minimum absolute atomic E-state index is 0.431. The zero-order chi connectivity index (χ0) is 12.8. The third kappa shape index (κ3) is 3.78. The van der Waals surface area contributed by atoms with Gasteiger partial charge in [-0.25, -0.2) is 14.8 Å². The van der Waals surface area contributed by atoms with Crippen molar-refractivity contribution < 1.29 is 4.79 Å². The highest BCUT2D eigenvalue weighted by atomic mass is 16.2. The average Bonchev–Trinajstić information content (AvgIpc) is 2.29. The van der Waals surface area contributed by atoms with Gasteiger partial charge in [-0.05, 0) is 6.92 Å². The number of amides is 2. The van der Waals surface area contributed by atoms with E-state index in [0.717, 1.165) is 12.0 Å². The van der Waals surface area contributed by atoms with Gasteiger partial charge in [-0.15, -0.1) is 0 Å². The standard InChI is InChI=1S/C10H18N6O/c1-3-7-15-8(11)6(2)9(16-7)13-4-5-14-10(12)17/h3-5H2,1-2H3,(H3,12,14,17)(H3,11,13,15,16). The first-order valence-corrected chi connectivity index (χ1v) is 5.44. The van der Waals surface area contributed by atoms with Crippen molar-refractivity contribution in [3.63, 3.8) is 0 Å². The molecular formula is C10H18N6O. The number of nitrogen functional groups attached to an aromatic ring is 1. The lowest BCUT2D eigenvalue weighted by Gasteiger charge is -2.11. The second kappa shape index (κ2) is 5.88. The summed E-state index contributed by atoms with van der Waals surface area (Å²) in [6.45, 7) is 4.77. The number of carbonyl (C=O) groups excluding carboxylic acids is 1. The molecule has 6 N–H and O–H groups in total. The second-order valence-electron chi connectivity index (χ2n) is 3.57. The average molecular weight is 238 g/mol. The number of nitrogens with one attached hydrogen (secondary N) is 2. The van der Waals surface area contributed by atoms with Crippen molar-refractivity contribution in [3.05, 3.63) is 11.4 Å². The topological polar surface area (TPSA) is 119 Å². The van der Waals surface area contributed by atoms with E-state index in [4.69, 9.17) is 11.5 Å². The molecule has 1 heterocycles. The van der Waals surface area contributed by atoms with Crippen molar-refractivity contribution >= 4 is 17.7 Å². The van der Waals surface area contributed by atoms with Gasteiger partial charge >= 0.3 is 6.03 Å². The van der Waals surface area contributed by atoms with Crippen molar-refractivity contribution in [2.24, 2.45) is 5.73 Å². The number of rotatable bonds is 5. The van der Waals surface area contributed by atoms with Gasteiger partial charge in [-0.2, -0.15) is 0 Å². The van der Waals surface area contributed by atoms with Gasteiger partial charge in [0.2, 0.25) is 0 Å². The molecule has 0 saturated heterocycles. The highest BCUT2D eigenvalue weighted by molar-refractivity contribution is 5.71. The Morgan fingerprint density at radius 2 is 2.06 bits per heavy atom. The van der Waals surface area contributed by atoms with E-state index in [0.29, 0.717) is 30.5 Å². The molecule has 0 aliphatic heterocycles. The van der Waals surface area contributed by atoms with Gasteiger partial charge in [0.15, 0.2) is 0 Å². The molecule has 0 radical (unpaired) electrons. The number of primary amides is 1. The normalized spacial score (nSPS) is 10.0. The first-order chi connectivity index (χ1) is 8.04. The van der Waals surface area contributed by atoms with Gasteiger partial charge in [0.1, 0.15) is 17.5 Å². The van der Waals surface area contributed by atoms with Crippen LogP contribution in [-0.4, -0.2) is 29.1 Å². The Morgan fingerprint density at radius 1 is 1.35 bits per heavy atom. The zero-order valence-electron chi connectivity index (χ0n) is 10.1. The predicted octanol–water partition coefficient (Wildman–Crippen LogP) is 0.00982. The van der Waals surface area contributed by atoms with Crippen molar-refractivity contribution in [3.8, 4) is 0 Å². The lowest BCUT2D eigenvalue weighted by molar-refractivity contribution is 0.249. The van der Waals surface area contributed by atoms with Crippen LogP contribution in [0.4, 0.5) is 16.4 Å². The fourth-order valence-electron chi connectivity index (χ4n) is 1.28.